The van der Waals surface area contributed by atoms with Crippen molar-refractivity contribution in [1.29, 1.82) is 0 Å². The van der Waals surface area contributed by atoms with Gasteiger partial charge in [-0.3, -0.25) is 0 Å². The summed E-state index contributed by atoms with van der Waals surface area (Å²) < 4.78 is 6.09. The maximum absolute atomic E-state index is 5.95. The van der Waals surface area contributed by atoms with Crippen LogP contribution >= 0.6 is 34.2 Å². The first kappa shape index (κ1) is 15.3. The topological polar surface area (TPSA) is 59.1 Å². The second kappa shape index (κ2) is 7.05. The summed E-state index contributed by atoms with van der Waals surface area (Å²) in [5, 5.41) is 6.97. The first-order valence-electron chi connectivity index (χ1n) is 5.89. The van der Waals surface area contributed by atoms with Gasteiger partial charge in [0, 0.05) is 28.8 Å². The number of methoxy groups -OCH3 is 1. The van der Waals surface area contributed by atoms with Gasteiger partial charge in [0.25, 0.3) is 0 Å². The second-order valence-electron chi connectivity index (χ2n) is 3.99. The molecule has 0 spiro atoms. The number of anilines is 3. The molecule has 1 aromatic heterocycles. The molecule has 106 valence electrons. The number of benzene rings is 1. The fourth-order valence-corrected chi connectivity index (χ4v) is 2.62. The molecule has 0 bridgehead atoms. The third kappa shape index (κ3) is 3.94. The van der Waals surface area contributed by atoms with E-state index in [1.54, 1.807) is 7.11 Å². The number of rotatable bonds is 5. The van der Waals surface area contributed by atoms with Crippen molar-refractivity contribution in [2.24, 2.45) is 0 Å². The van der Waals surface area contributed by atoms with Gasteiger partial charge in [0.1, 0.15) is 18.2 Å². The summed E-state index contributed by atoms with van der Waals surface area (Å²) in [7, 11) is 3.43. The summed E-state index contributed by atoms with van der Waals surface area (Å²) in [6.07, 6.45) is 0. The Kier molecular flexibility index (Phi) is 5.38. The molecule has 0 aliphatic heterocycles. The Balaban J connectivity index is 2.29. The van der Waals surface area contributed by atoms with Crippen molar-refractivity contribution in [2.45, 2.75) is 6.61 Å². The fourth-order valence-electron chi connectivity index (χ4n) is 1.61. The van der Waals surface area contributed by atoms with E-state index in [2.05, 4.69) is 43.2 Å². The van der Waals surface area contributed by atoms with Crippen LogP contribution in [0, 0.1) is 3.57 Å². The van der Waals surface area contributed by atoms with Gasteiger partial charge in [-0.1, -0.05) is 11.6 Å². The Bertz CT molecular complexity index is 609. The van der Waals surface area contributed by atoms with Crippen LogP contribution in [0.25, 0.3) is 0 Å². The molecule has 0 aliphatic carbocycles. The standard InChI is InChI=1S/C13H14ClIN4O/c1-16-11-6-12(19-13(18-11)7-20-2)17-10-4-3-8(14)5-9(10)15/h3-6H,7H2,1-2H3,(H2,16,17,18,19). The van der Waals surface area contributed by atoms with Gasteiger partial charge in [-0.15, -0.1) is 0 Å². The largest absolute Gasteiger partial charge is 0.377 e. The van der Waals surface area contributed by atoms with E-state index in [0.29, 0.717) is 23.3 Å². The summed E-state index contributed by atoms with van der Waals surface area (Å²) in [6.45, 7) is 0.363. The molecule has 2 rings (SSSR count). The van der Waals surface area contributed by atoms with Crippen molar-refractivity contribution in [2.75, 3.05) is 24.8 Å². The Hall–Kier alpha value is -1.12. The Morgan fingerprint density at radius 3 is 2.65 bits per heavy atom. The molecule has 2 N–H and O–H groups in total. The Morgan fingerprint density at radius 2 is 2.00 bits per heavy atom. The van der Waals surface area contributed by atoms with E-state index < -0.39 is 0 Å². The zero-order chi connectivity index (χ0) is 14.5. The molecule has 5 nitrogen and oxygen atoms in total. The van der Waals surface area contributed by atoms with Gasteiger partial charge in [-0.25, -0.2) is 9.97 Å². The van der Waals surface area contributed by atoms with Crippen LogP contribution in [0.2, 0.25) is 5.02 Å². The Morgan fingerprint density at radius 1 is 1.25 bits per heavy atom. The number of ether oxygens (including phenoxy) is 1. The lowest BCUT2D eigenvalue weighted by molar-refractivity contribution is 0.178. The zero-order valence-corrected chi connectivity index (χ0v) is 14.0. The lowest BCUT2D eigenvalue weighted by Gasteiger charge is -2.11. The maximum atomic E-state index is 5.95. The fraction of sp³-hybridized carbons (Fsp3) is 0.231. The van der Waals surface area contributed by atoms with Crippen LogP contribution in [0.5, 0.6) is 0 Å². The molecule has 0 radical (unpaired) electrons. The highest BCUT2D eigenvalue weighted by Gasteiger charge is 2.06. The third-order valence-electron chi connectivity index (χ3n) is 2.50. The quantitative estimate of drug-likeness (QED) is 0.745. The summed E-state index contributed by atoms with van der Waals surface area (Å²) in [5.74, 6) is 2.06. The van der Waals surface area contributed by atoms with E-state index >= 15 is 0 Å². The van der Waals surface area contributed by atoms with Gasteiger partial charge < -0.3 is 15.4 Å². The van der Waals surface area contributed by atoms with Crippen LogP contribution in [-0.2, 0) is 11.3 Å². The molecule has 0 saturated heterocycles. The first-order valence-corrected chi connectivity index (χ1v) is 7.34. The maximum Gasteiger partial charge on any atom is 0.158 e. The summed E-state index contributed by atoms with van der Waals surface area (Å²) in [6, 6.07) is 7.48. The number of aromatic nitrogens is 2. The van der Waals surface area contributed by atoms with E-state index in [0.717, 1.165) is 15.1 Å². The van der Waals surface area contributed by atoms with Crippen molar-refractivity contribution in [3.8, 4) is 0 Å². The van der Waals surface area contributed by atoms with Crippen molar-refractivity contribution >= 4 is 51.5 Å². The predicted octanol–water partition coefficient (Wildman–Crippen LogP) is 3.67. The lowest BCUT2D eigenvalue weighted by atomic mass is 10.3. The highest BCUT2D eigenvalue weighted by molar-refractivity contribution is 14.1. The predicted molar refractivity (Wildman–Crippen MR) is 89.7 cm³/mol. The van der Waals surface area contributed by atoms with Crippen LogP contribution in [-0.4, -0.2) is 24.1 Å². The minimum absolute atomic E-state index is 0.363. The van der Waals surface area contributed by atoms with Gasteiger partial charge in [0.2, 0.25) is 0 Å². The number of nitrogens with zero attached hydrogens (tertiary/aromatic N) is 2. The molecule has 0 unspecified atom stereocenters. The van der Waals surface area contributed by atoms with Gasteiger partial charge in [-0.05, 0) is 40.8 Å². The van der Waals surface area contributed by atoms with E-state index in [-0.39, 0.29) is 0 Å². The Labute approximate surface area is 136 Å². The molecular weight excluding hydrogens is 391 g/mol. The SMILES string of the molecule is CNc1cc(Nc2ccc(Cl)cc2I)nc(COC)n1. The molecule has 0 amide bonds. The van der Waals surface area contributed by atoms with Crippen molar-refractivity contribution in [1.82, 2.24) is 9.97 Å². The average molecular weight is 405 g/mol. The molecule has 0 atom stereocenters. The van der Waals surface area contributed by atoms with Gasteiger partial charge in [0.15, 0.2) is 5.82 Å². The summed E-state index contributed by atoms with van der Waals surface area (Å²) in [4.78, 5) is 8.72. The molecule has 20 heavy (non-hydrogen) atoms. The van der Waals surface area contributed by atoms with Gasteiger partial charge >= 0.3 is 0 Å². The molecule has 1 heterocycles. The number of halogens is 2. The van der Waals surface area contributed by atoms with Gasteiger partial charge in [-0.2, -0.15) is 0 Å². The van der Waals surface area contributed by atoms with Crippen LogP contribution in [0.4, 0.5) is 17.3 Å². The van der Waals surface area contributed by atoms with E-state index in [1.807, 2.05) is 31.3 Å². The minimum Gasteiger partial charge on any atom is -0.377 e. The van der Waals surface area contributed by atoms with Gasteiger partial charge in [0.05, 0.1) is 5.69 Å². The molecule has 0 saturated carbocycles. The van der Waals surface area contributed by atoms with Crippen LogP contribution in [0.3, 0.4) is 0 Å². The number of nitrogens with one attached hydrogen (secondary N) is 2. The van der Waals surface area contributed by atoms with E-state index in [9.17, 15) is 0 Å². The van der Waals surface area contributed by atoms with Crippen LogP contribution in [0.1, 0.15) is 5.82 Å². The summed E-state index contributed by atoms with van der Waals surface area (Å²) in [5.41, 5.74) is 0.944. The van der Waals surface area contributed by atoms with Crippen LogP contribution in [0.15, 0.2) is 24.3 Å². The normalized spacial score (nSPS) is 10.4. The van der Waals surface area contributed by atoms with Crippen molar-refractivity contribution in [3.63, 3.8) is 0 Å². The van der Waals surface area contributed by atoms with E-state index in [4.69, 9.17) is 16.3 Å². The van der Waals surface area contributed by atoms with Crippen molar-refractivity contribution in [3.05, 3.63) is 38.7 Å². The molecule has 0 fully saturated rings. The number of hydrogen-bond acceptors (Lipinski definition) is 5. The van der Waals surface area contributed by atoms with E-state index in [1.165, 1.54) is 0 Å². The molecule has 2 aromatic rings. The number of hydrogen-bond donors (Lipinski definition) is 2. The summed E-state index contributed by atoms with van der Waals surface area (Å²) >= 11 is 8.17. The molecule has 1 aromatic carbocycles. The zero-order valence-electron chi connectivity index (χ0n) is 11.1. The lowest BCUT2D eigenvalue weighted by Crippen LogP contribution is -2.05. The first-order chi connectivity index (χ1) is 9.62. The highest BCUT2D eigenvalue weighted by Crippen LogP contribution is 2.25. The molecule has 7 heteroatoms. The monoisotopic (exact) mass is 404 g/mol. The minimum atomic E-state index is 0.363. The smallest absolute Gasteiger partial charge is 0.158 e. The van der Waals surface area contributed by atoms with Crippen molar-refractivity contribution < 1.29 is 4.74 Å². The average Bonchev–Trinajstić information content (AvgIpc) is 2.42. The third-order valence-corrected chi connectivity index (χ3v) is 3.62. The second-order valence-corrected chi connectivity index (χ2v) is 5.59. The molecule has 0 aliphatic rings. The highest BCUT2D eigenvalue weighted by atomic mass is 127. The molecular formula is C13H14ClIN4O. The van der Waals surface area contributed by atoms with Crippen LogP contribution < -0.4 is 10.6 Å².